The summed E-state index contributed by atoms with van der Waals surface area (Å²) < 4.78 is 0. The van der Waals surface area contributed by atoms with E-state index in [9.17, 15) is 0 Å². The fourth-order valence-electron chi connectivity index (χ4n) is 1.40. The van der Waals surface area contributed by atoms with Gasteiger partial charge >= 0.3 is 0 Å². The van der Waals surface area contributed by atoms with Crippen molar-refractivity contribution in [2.75, 3.05) is 0 Å². The third-order valence-electron chi connectivity index (χ3n) is 2.34. The lowest BCUT2D eigenvalue weighted by Crippen LogP contribution is -2.26. The molecule has 0 radical (unpaired) electrons. The zero-order valence-corrected chi connectivity index (χ0v) is 13.2. The highest BCUT2D eigenvalue weighted by molar-refractivity contribution is 6.30. The highest BCUT2D eigenvalue weighted by atomic mass is 35.5. The summed E-state index contributed by atoms with van der Waals surface area (Å²) in [6.07, 6.45) is 1.63. The van der Waals surface area contributed by atoms with Crippen molar-refractivity contribution in [2.45, 2.75) is 0 Å². The first kappa shape index (κ1) is 17.3. The van der Waals surface area contributed by atoms with Crippen LogP contribution < -0.4 is 11.2 Å². The second-order valence-electron chi connectivity index (χ2n) is 3.90. The molecule has 0 heterocycles. The number of rotatable bonds is 3. The van der Waals surface area contributed by atoms with Gasteiger partial charge in [0.2, 0.25) is 5.96 Å². The number of hydrazone groups is 1. The Balaban J connectivity index is 0.00000220. The van der Waals surface area contributed by atoms with Crippen LogP contribution in [0.25, 0.3) is 0 Å². The van der Waals surface area contributed by atoms with Crippen LogP contribution in [0, 0.1) is 0 Å². The Hall–Kier alpha value is -1.75. The molecule has 0 spiro atoms. The fraction of sp³-hybridized carbons (Fsp3) is 0. The van der Waals surface area contributed by atoms with Crippen LogP contribution in [0.15, 0.2) is 58.6 Å². The normalized spacial score (nSPS) is 11.2. The highest BCUT2D eigenvalue weighted by Gasteiger charge is 1.93. The number of aliphatic imine (C=N–C) groups is 1. The van der Waals surface area contributed by atoms with Crippen LogP contribution in [0.3, 0.4) is 0 Å². The second-order valence-corrected chi connectivity index (χ2v) is 4.77. The van der Waals surface area contributed by atoms with Crippen LogP contribution in [0.4, 0.5) is 5.69 Å². The van der Waals surface area contributed by atoms with Crippen molar-refractivity contribution in [3.63, 3.8) is 0 Å². The summed E-state index contributed by atoms with van der Waals surface area (Å²) in [6, 6.07) is 14.3. The van der Waals surface area contributed by atoms with Crippen LogP contribution in [0.1, 0.15) is 5.56 Å². The summed E-state index contributed by atoms with van der Waals surface area (Å²) in [4.78, 5) is 4.14. The molecule has 2 rings (SSSR count). The molecule has 0 unspecified atom stereocenters. The minimum Gasteiger partial charge on any atom is -0.368 e. The third-order valence-corrected chi connectivity index (χ3v) is 2.84. The Morgan fingerprint density at radius 3 is 2.05 bits per heavy atom. The van der Waals surface area contributed by atoms with Crippen LogP contribution >= 0.6 is 35.6 Å². The van der Waals surface area contributed by atoms with E-state index in [4.69, 9.17) is 28.9 Å². The van der Waals surface area contributed by atoms with E-state index < -0.39 is 0 Å². The second kappa shape index (κ2) is 8.52. The molecular weight excluding hydrogens is 331 g/mol. The average molecular weight is 344 g/mol. The summed E-state index contributed by atoms with van der Waals surface area (Å²) >= 11 is 11.6. The molecule has 0 atom stereocenters. The Morgan fingerprint density at radius 1 is 0.952 bits per heavy atom. The van der Waals surface area contributed by atoms with Gasteiger partial charge in [0.15, 0.2) is 0 Å². The SMILES string of the molecule is Cl.NC(=Nc1ccc(Cl)cc1)N/N=C/c1ccc(Cl)cc1. The van der Waals surface area contributed by atoms with E-state index >= 15 is 0 Å². The van der Waals surface area contributed by atoms with E-state index in [0.29, 0.717) is 15.7 Å². The molecule has 2 aromatic carbocycles. The molecular formula is C14H13Cl3N4. The van der Waals surface area contributed by atoms with E-state index in [1.54, 1.807) is 42.6 Å². The van der Waals surface area contributed by atoms with Gasteiger partial charge in [0.25, 0.3) is 0 Å². The zero-order valence-electron chi connectivity index (χ0n) is 10.8. The van der Waals surface area contributed by atoms with Crippen molar-refractivity contribution in [3.8, 4) is 0 Å². The van der Waals surface area contributed by atoms with E-state index in [1.165, 1.54) is 0 Å². The van der Waals surface area contributed by atoms with Gasteiger partial charge in [0, 0.05) is 10.0 Å². The number of hydrogen-bond acceptors (Lipinski definition) is 2. The Kier molecular flexibility index (Phi) is 7.02. The van der Waals surface area contributed by atoms with Crippen molar-refractivity contribution >= 4 is 53.5 Å². The van der Waals surface area contributed by atoms with Crippen molar-refractivity contribution in [3.05, 3.63) is 64.1 Å². The van der Waals surface area contributed by atoms with Gasteiger partial charge in [-0.05, 0) is 42.0 Å². The summed E-state index contributed by atoms with van der Waals surface area (Å²) in [5.41, 5.74) is 9.94. The topological polar surface area (TPSA) is 62.8 Å². The molecule has 21 heavy (non-hydrogen) atoms. The molecule has 0 aliphatic rings. The van der Waals surface area contributed by atoms with Gasteiger partial charge in [0.05, 0.1) is 11.9 Å². The molecule has 0 aromatic heterocycles. The average Bonchev–Trinajstić information content (AvgIpc) is 2.44. The molecule has 3 N–H and O–H groups in total. The molecule has 7 heteroatoms. The Labute approximate surface area is 139 Å². The maximum absolute atomic E-state index is 5.79. The number of guanidine groups is 1. The van der Waals surface area contributed by atoms with Crippen LogP contribution in [0.2, 0.25) is 10.0 Å². The van der Waals surface area contributed by atoms with Crippen molar-refractivity contribution in [1.29, 1.82) is 0 Å². The van der Waals surface area contributed by atoms with Crippen LogP contribution in [0.5, 0.6) is 0 Å². The van der Waals surface area contributed by atoms with Crippen LogP contribution in [-0.2, 0) is 0 Å². The van der Waals surface area contributed by atoms with Crippen LogP contribution in [-0.4, -0.2) is 12.2 Å². The first-order chi connectivity index (χ1) is 9.63. The lowest BCUT2D eigenvalue weighted by molar-refractivity contribution is 1.01. The number of benzene rings is 2. The maximum Gasteiger partial charge on any atom is 0.214 e. The predicted molar refractivity (Wildman–Crippen MR) is 92.2 cm³/mol. The number of nitrogens with zero attached hydrogens (tertiary/aromatic N) is 2. The lowest BCUT2D eigenvalue weighted by atomic mass is 10.2. The molecule has 2 aromatic rings. The van der Waals surface area contributed by atoms with E-state index in [2.05, 4.69) is 15.5 Å². The maximum atomic E-state index is 5.79. The monoisotopic (exact) mass is 342 g/mol. The van der Waals surface area contributed by atoms with E-state index in [1.807, 2.05) is 12.1 Å². The Morgan fingerprint density at radius 2 is 1.48 bits per heavy atom. The van der Waals surface area contributed by atoms with Crippen molar-refractivity contribution < 1.29 is 0 Å². The minimum absolute atomic E-state index is 0. The molecule has 4 nitrogen and oxygen atoms in total. The first-order valence-corrected chi connectivity index (χ1v) is 6.53. The van der Waals surface area contributed by atoms with Crippen molar-refractivity contribution in [1.82, 2.24) is 5.43 Å². The molecule has 0 saturated carbocycles. The van der Waals surface area contributed by atoms with Gasteiger partial charge in [-0.3, -0.25) is 0 Å². The fourth-order valence-corrected chi connectivity index (χ4v) is 1.65. The summed E-state index contributed by atoms with van der Waals surface area (Å²) in [6.45, 7) is 0. The predicted octanol–water partition coefficient (Wildman–Crippen LogP) is 3.99. The molecule has 0 fully saturated rings. The lowest BCUT2D eigenvalue weighted by Gasteiger charge is -1.99. The number of nitrogens with one attached hydrogen (secondary N) is 1. The van der Waals surface area contributed by atoms with E-state index in [-0.39, 0.29) is 18.4 Å². The smallest absolute Gasteiger partial charge is 0.214 e. The van der Waals surface area contributed by atoms with Gasteiger partial charge in [-0.2, -0.15) is 5.10 Å². The summed E-state index contributed by atoms with van der Waals surface area (Å²) in [7, 11) is 0. The zero-order chi connectivity index (χ0) is 14.4. The van der Waals surface area contributed by atoms with Gasteiger partial charge in [-0.15, -0.1) is 12.4 Å². The molecule has 0 saturated heterocycles. The van der Waals surface area contributed by atoms with Gasteiger partial charge in [-0.25, -0.2) is 10.4 Å². The van der Waals surface area contributed by atoms with E-state index in [0.717, 1.165) is 5.56 Å². The molecule has 0 amide bonds. The van der Waals surface area contributed by atoms with Gasteiger partial charge in [0.1, 0.15) is 0 Å². The minimum atomic E-state index is 0. The van der Waals surface area contributed by atoms with Gasteiger partial charge < -0.3 is 5.73 Å². The third kappa shape index (κ3) is 6.04. The summed E-state index contributed by atoms with van der Waals surface area (Å²) in [5, 5.41) is 5.31. The molecule has 0 aliphatic heterocycles. The standard InChI is InChI=1S/C14H12Cl2N4.ClH/c15-11-3-1-10(2-4-11)9-18-20-14(17)19-13-7-5-12(16)6-8-13;/h1-9H,(H3,17,19,20);1H/b18-9+;. The number of hydrogen-bond donors (Lipinski definition) is 2. The molecule has 110 valence electrons. The largest absolute Gasteiger partial charge is 0.368 e. The van der Waals surface area contributed by atoms with Crippen molar-refractivity contribution in [2.24, 2.45) is 15.8 Å². The van der Waals surface area contributed by atoms with Gasteiger partial charge in [-0.1, -0.05) is 35.3 Å². The highest BCUT2D eigenvalue weighted by Crippen LogP contribution is 2.15. The number of halogens is 3. The summed E-state index contributed by atoms with van der Waals surface area (Å²) in [5.74, 6) is 0.192. The molecule has 0 bridgehead atoms. The molecule has 0 aliphatic carbocycles. The number of nitrogens with two attached hydrogens (primary N) is 1. The first-order valence-electron chi connectivity index (χ1n) is 5.78. The Bertz CT molecular complexity index is 622. The quantitative estimate of drug-likeness (QED) is 0.503.